The molecule has 0 saturated carbocycles. The van der Waals surface area contributed by atoms with Gasteiger partial charge in [-0.3, -0.25) is 0 Å². The van der Waals surface area contributed by atoms with Crippen LogP contribution in [0.5, 0.6) is 0 Å². The molecule has 2 aromatic heterocycles. The Labute approximate surface area is 134 Å². The molecular formula is C19H18S2. The van der Waals surface area contributed by atoms with Crippen molar-refractivity contribution >= 4 is 34.8 Å². The number of rotatable bonds is 3. The minimum Gasteiger partial charge on any atom is -0.141 e. The lowest BCUT2D eigenvalue weighted by Crippen LogP contribution is -1.68. The van der Waals surface area contributed by atoms with E-state index in [0.29, 0.717) is 0 Å². The molecule has 0 N–H and O–H groups in total. The molecule has 0 aliphatic rings. The molecule has 0 unspecified atom stereocenters. The summed E-state index contributed by atoms with van der Waals surface area (Å²) in [6.45, 7) is 6.54. The Kier molecular flexibility index (Phi) is 4.09. The van der Waals surface area contributed by atoms with Gasteiger partial charge in [0, 0.05) is 19.5 Å². The second-order valence-electron chi connectivity index (χ2n) is 5.25. The number of benzene rings is 1. The van der Waals surface area contributed by atoms with Crippen molar-refractivity contribution in [2.75, 3.05) is 0 Å². The highest BCUT2D eigenvalue weighted by atomic mass is 32.1. The van der Waals surface area contributed by atoms with Gasteiger partial charge in [0.05, 0.1) is 0 Å². The maximum absolute atomic E-state index is 2.28. The average Bonchev–Trinajstić information content (AvgIpc) is 3.01. The highest BCUT2D eigenvalue weighted by Crippen LogP contribution is 2.32. The molecule has 1 aromatic carbocycles. The Morgan fingerprint density at radius 2 is 1.57 bits per heavy atom. The summed E-state index contributed by atoms with van der Waals surface area (Å²) in [6, 6.07) is 15.1. The molecule has 2 heterocycles. The predicted molar refractivity (Wildman–Crippen MR) is 97.2 cm³/mol. The summed E-state index contributed by atoms with van der Waals surface area (Å²) in [5, 5.41) is 0. The first-order chi connectivity index (χ1) is 10.1. The van der Waals surface area contributed by atoms with E-state index in [1.807, 2.05) is 22.7 Å². The molecule has 0 radical (unpaired) electrons. The van der Waals surface area contributed by atoms with Crippen LogP contribution in [0.2, 0.25) is 0 Å². The number of hydrogen-bond donors (Lipinski definition) is 0. The molecule has 0 fully saturated rings. The van der Waals surface area contributed by atoms with Gasteiger partial charge in [-0.1, -0.05) is 30.3 Å². The van der Waals surface area contributed by atoms with Crippen LogP contribution in [0.3, 0.4) is 0 Å². The van der Waals surface area contributed by atoms with E-state index in [0.717, 1.165) is 0 Å². The van der Waals surface area contributed by atoms with Crippen molar-refractivity contribution in [1.82, 2.24) is 0 Å². The molecule has 0 nitrogen and oxygen atoms in total. The van der Waals surface area contributed by atoms with Crippen molar-refractivity contribution in [2.24, 2.45) is 0 Å². The van der Waals surface area contributed by atoms with Crippen LogP contribution in [-0.4, -0.2) is 0 Å². The number of thiophene rings is 2. The predicted octanol–water partition coefficient (Wildman–Crippen LogP) is 6.57. The van der Waals surface area contributed by atoms with Gasteiger partial charge in [-0.25, -0.2) is 0 Å². The van der Waals surface area contributed by atoms with E-state index in [-0.39, 0.29) is 0 Å². The maximum Gasteiger partial charge on any atom is 0.0351 e. The third-order valence-electron chi connectivity index (χ3n) is 3.60. The van der Waals surface area contributed by atoms with Crippen LogP contribution in [0.4, 0.5) is 0 Å². The lowest BCUT2D eigenvalue weighted by molar-refractivity contribution is 1.44. The van der Waals surface area contributed by atoms with Crippen LogP contribution in [0.1, 0.15) is 25.8 Å². The summed E-state index contributed by atoms with van der Waals surface area (Å²) in [4.78, 5) is 5.42. The van der Waals surface area contributed by atoms with Crippen molar-refractivity contribution in [3.8, 4) is 10.4 Å². The Morgan fingerprint density at radius 3 is 2.24 bits per heavy atom. The molecule has 0 saturated heterocycles. The first-order valence-corrected chi connectivity index (χ1v) is 8.68. The van der Waals surface area contributed by atoms with E-state index in [1.165, 1.54) is 36.2 Å². The summed E-state index contributed by atoms with van der Waals surface area (Å²) in [5.41, 5.74) is 4.03. The third-order valence-corrected chi connectivity index (χ3v) is 5.97. The molecule has 21 heavy (non-hydrogen) atoms. The standard InChI is InChI=1S/C19H18S2/c1-13-11-17(20-15(13)3)9-10-18-14(2)12-19(21-18)16-7-5-4-6-8-16/h4-12H,1-3H3. The van der Waals surface area contributed by atoms with Gasteiger partial charge in [0.25, 0.3) is 0 Å². The van der Waals surface area contributed by atoms with Gasteiger partial charge in [0.1, 0.15) is 0 Å². The van der Waals surface area contributed by atoms with Gasteiger partial charge in [-0.15, -0.1) is 22.7 Å². The van der Waals surface area contributed by atoms with Crippen LogP contribution >= 0.6 is 22.7 Å². The minimum atomic E-state index is 1.30. The fraction of sp³-hybridized carbons (Fsp3) is 0.158. The molecule has 0 aliphatic carbocycles. The Hall–Kier alpha value is -1.64. The molecule has 0 spiro atoms. The molecule has 106 valence electrons. The highest BCUT2D eigenvalue weighted by molar-refractivity contribution is 7.16. The summed E-state index contributed by atoms with van der Waals surface area (Å²) in [6.07, 6.45) is 4.48. The summed E-state index contributed by atoms with van der Waals surface area (Å²) < 4.78 is 0. The molecule has 0 atom stereocenters. The zero-order valence-electron chi connectivity index (χ0n) is 12.5. The van der Waals surface area contributed by atoms with Crippen molar-refractivity contribution in [3.05, 3.63) is 68.2 Å². The van der Waals surface area contributed by atoms with E-state index in [2.05, 4.69) is 75.4 Å². The van der Waals surface area contributed by atoms with Gasteiger partial charge in [0.15, 0.2) is 0 Å². The second kappa shape index (κ2) is 6.00. The highest BCUT2D eigenvalue weighted by Gasteiger charge is 2.05. The largest absolute Gasteiger partial charge is 0.141 e. The van der Waals surface area contributed by atoms with E-state index >= 15 is 0 Å². The average molecular weight is 310 g/mol. The fourth-order valence-electron chi connectivity index (χ4n) is 2.25. The van der Waals surface area contributed by atoms with E-state index in [9.17, 15) is 0 Å². The number of aryl methyl sites for hydroxylation is 3. The molecule has 3 rings (SSSR count). The van der Waals surface area contributed by atoms with Crippen LogP contribution in [0.15, 0.2) is 42.5 Å². The first kappa shape index (κ1) is 14.3. The molecule has 0 bridgehead atoms. The van der Waals surface area contributed by atoms with Crippen LogP contribution in [0, 0.1) is 20.8 Å². The van der Waals surface area contributed by atoms with Crippen molar-refractivity contribution in [1.29, 1.82) is 0 Å². The summed E-state index contributed by atoms with van der Waals surface area (Å²) in [7, 11) is 0. The zero-order chi connectivity index (χ0) is 14.8. The smallest absolute Gasteiger partial charge is 0.0351 e. The normalized spacial score (nSPS) is 11.4. The molecule has 0 aliphatic heterocycles. The zero-order valence-corrected chi connectivity index (χ0v) is 14.1. The van der Waals surface area contributed by atoms with Gasteiger partial charge >= 0.3 is 0 Å². The van der Waals surface area contributed by atoms with Gasteiger partial charge in [-0.2, -0.15) is 0 Å². The Balaban J connectivity index is 1.88. The minimum absolute atomic E-state index is 1.30. The Bertz CT molecular complexity index is 754. The summed E-state index contributed by atoms with van der Waals surface area (Å²) in [5.74, 6) is 0. The lowest BCUT2D eigenvalue weighted by Gasteiger charge is -1.94. The van der Waals surface area contributed by atoms with Gasteiger partial charge < -0.3 is 0 Å². The molecular weight excluding hydrogens is 292 g/mol. The van der Waals surface area contributed by atoms with Crippen molar-refractivity contribution in [3.63, 3.8) is 0 Å². The first-order valence-electron chi connectivity index (χ1n) is 7.04. The van der Waals surface area contributed by atoms with Crippen LogP contribution in [-0.2, 0) is 0 Å². The van der Waals surface area contributed by atoms with Gasteiger partial charge in [-0.05, 0) is 61.7 Å². The quantitative estimate of drug-likeness (QED) is 0.513. The van der Waals surface area contributed by atoms with Gasteiger partial charge in [0.2, 0.25) is 0 Å². The second-order valence-corrected chi connectivity index (χ2v) is 7.62. The topological polar surface area (TPSA) is 0 Å². The number of hydrogen-bond acceptors (Lipinski definition) is 2. The fourth-order valence-corrected chi connectivity index (χ4v) is 4.28. The van der Waals surface area contributed by atoms with Crippen molar-refractivity contribution < 1.29 is 0 Å². The summed E-state index contributed by atoms with van der Waals surface area (Å²) >= 11 is 3.72. The monoisotopic (exact) mass is 310 g/mol. The van der Waals surface area contributed by atoms with Crippen LogP contribution in [0.25, 0.3) is 22.6 Å². The third kappa shape index (κ3) is 3.17. The van der Waals surface area contributed by atoms with E-state index in [4.69, 9.17) is 0 Å². The maximum atomic E-state index is 2.28. The molecule has 2 heteroatoms. The van der Waals surface area contributed by atoms with Crippen LogP contribution < -0.4 is 0 Å². The SMILES string of the molecule is Cc1cc(C=Cc2sc(-c3ccccc3)cc2C)sc1C. The lowest BCUT2D eigenvalue weighted by atomic mass is 10.1. The van der Waals surface area contributed by atoms with E-state index < -0.39 is 0 Å². The van der Waals surface area contributed by atoms with E-state index in [1.54, 1.807) is 0 Å². The molecule has 0 amide bonds. The molecule has 3 aromatic rings. The van der Waals surface area contributed by atoms with Crippen molar-refractivity contribution in [2.45, 2.75) is 20.8 Å². The Morgan fingerprint density at radius 1 is 0.810 bits per heavy atom.